The molecule has 0 aliphatic carbocycles. The van der Waals surface area contributed by atoms with Crippen molar-refractivity contribution < 1.29 is 14.2 Å². The fourth-order valence-corrected chi connectivity index (χ4v) is 3.37. The van der Waals surface area contributed by atoms with Gasteiger partial charge < -0.3 is 14.2 Å². The van der Waals surface area contributed by atoms with Gasteiger partial charge in [-0.1, -0.05) is 48.5 Å². The molecule has 4 heteroatoms. The molecule has 5 rings (SSSR count). The largest absolute Gasteiger partial charge is 0.489 e. The molecule has 0 fully saturated rings. The Balaban J connectivity index is 1.25. The number of fused-ring (bicyclic) bond motifs is 1. The molecule has 4 aromatic carbocycles. The fraction of sp³-hybridized carbons (Fsp3) is 0.0357. The average molecular weight is 419 g/mol. The number of hydrogen-bond acceptors (Lipinski definition) is 4. The van der Waals surface area contributed by atoms with Gasteiger partial charge in [0.15, 0.2) is 0 Å². The Morgan fingerprint density at radius 2 is 1.28 bits per heavy atom. The highest BCUT2D eigenvalue weighted by atomic mass is 16.5. The highest BCUT2D eigenvalue weighted by molar-refractivity contribution is 5.84. The normalized spacial score (nSPS) is 10.6. The van der Waals surface area contributed by atoms with Crippen molar-refractivity contribution >= 4 is 10.9 Å². The van der Waals surface area contributed by atoms with Gasteiger partial charge in [-0.05, 0) is 60.2 Å². The molecule has 0 saturated carbocycles. The summed E-state index contributed by atoms with van der Waals surface area (Å²) in [6, 6.07) is 35.0. The van der Waals surface area contributed by atoms with Gasteiger partial charge in [0.2, 0.25) is 0 Å². The first-order valence-corrected chi connectivity index (χ1v) is 10.4. The van der Waals surface area contributed by atoms with Crippen molar-refractivity contribution in [3.05, 3.63) is 121 Å². The number of para-hydroxylation sites is 1. The molecule has 0 atom stereocenters. The van der Waals surface area contributed by atoms with E-state index in [9.17, 15) is 0 Å². The number of aromatic nitrogens is 1. The quantitative estimate of drug-likeness (QED) is 0.276. The van der Waals surface area contributed by atoms with Crippen LogP contribution in [0.3, 0.4) is 0 Å². The minimum absolute atomic E-state index is 0.514. The monoisotopic (exact) mass is 419 g/mol. The maximum Gasteiger partial charge on any atom is 0.138 e. The van der Waals surface area contributed by atoms with E-state index in [0.717, 1.165) is 39.5 Å². The molecule has 5 aromatic rings. The molecule has 156 valence electrons. The second kappa shape index (κ2) is 9.23. The van der Waals surface area contributed by atoms with E-state index in [4.69, 9.17) is 14.2 Å². The van der Waals surface area contributed by atoms with E-state index in [-0.39, 0.29) is 0 Å². The second-order valence-corrected chi connectivity index (χ2v) is 7.25. The lowest BCUT2D eigenvalue weighted by molar-refractivity contribution is 0.304. The van der Waals surface area contributed by atoms with Gasteiger partial charge in [0.1, 0.15) is 35.4 Å². The highest BCUT2D eigenvalue weighted by Gasteiger charge is 2.05. The first-order chi connectivity index (χ1) is 15.8. The van der Waals surface area contributed by atoms with E-state index in [2.05, 4.69) is 4.98 Å². The maximum absolute atomic E-state index is 6.07. The van der Waals surface area contributed by atoms with Gasteiger partial charge in [-0.3, -0.25) is 4.98 Å². The van der Waals surface area contributed by atoms with Crippen molar-refractivity contribution in [3.8, 4) is 28.7 Å². The van der Waals surface area contributed by atoms with Gasteiger partial charge in [0.25, 0.3) is 0 Å². The van der Waals surface area contributed by atoms with Gasteiger partial charge in [-0.25, -0.2) is 0 Å². The van der Waals surface area contributed by atoms with Crippen LogP contribution < -0.4 is 14.2 Å². The summed E-state index contributed by atoms with van der Waals surface area (Å²) in [5.41, 5.74) is 2.02. The molecule has 0 unspecified atom stereocenters. The van der Waals surface area contributed by atoms with Crippen LogP contribution in [0.4, 0.5) is 0 Å². The Morgan fingerprint density at radius 1 is 0.562 bits per heavy atom. The molecule has 0 aliphatic heterocycles. The molecular formula is C28H21NO3. The number of rotatable bonds is 7. The number of ether oxygens (including phenoxy) is 3. The summed E-state index contributed by atoms with van der Waals surface area (Å²) < 4.78 is 18.0. The zero-order valence-electron chi connectivity index (χ0n) is 17.3. The SMILES string of the molecule is c1ccc(COc2cccc(Oc3ccc(Oc4ccnc5ccccc45)cc3)c2)cc1. The van der Waals surface area contributed by atoms with Crippen LogP contribution in [-0.2, 0) is 6.61 Å². The Morgan fingerprint density at radius 3 is 2.12 bits per heavy atom. The van der Waals surface area contributed by atoms with Crippen LogP contribution in [0.5, 0.6) is 28.7 Å². The molecule has 0 N–H and O–H groups in total. The zero-order chi connectivity index (χ0) is 21.6. The lowest BCUT2D eigenvalue weighted by atomic mass is 10.2. The van der Waals surface area contributed by atoms with E-state index < -0.39 is 0 Å². The van der Waals surface area contributed by atoms with Crippen molar-refractivity contribution in [1.29, 1.82) is 0 Å². The van der Waals surface area contributed by atoms with Crippen molar-refractivity contribution in [2.45, 2.75) is 6.61 Å². The van der Waals surface area contributed by atoms with E-state index in [1.807, 2.05) is 109 Å². The Hall–Kier alpha value is -4.31. The summed E-state index contributed by atoms with van der Waals surface area (Å²) in [5, 5.41) is 0.975. The number of benzene rings is 4. The average Bonchev–Trinajstić information content (AvgIpc) is 2.85. The highest BCUT2D eigenvalue weighted by Crippen LogP contribution is 2.31. The summed E-state index contributed by atoms with van der Waals surface area (Å²) in [7, 11) is 0. The molecular weight excluding hydrogens is 398 g/mol. The molecule has 0 radical (unpaired) electrons. The van der Waals surface area contributed by atoms with E-state index >= 15 is 0 Å². The van der Waals surface area contributed by atoms with Crippen molar-refractivity contribution in [1.82, 2.24) is 4.98 Å². The van der Waals surface area contributed by atoms with E-state index in [0.29, 0.717) is 12.4 Å². The predicted octanol–water partition coefficient (Wildman–Crippen LogP) is 7.40. The summed E-state index contributed by atoms with van der Waals surface area (Å²) in [5.74, 6) is 3.69. The number of hydrogen-bond donors (Lipinski definition) is 0. The van der Waals surface area contributed by atoms with Gasteiger partial charge in [-0.15, -0.1) is 0 Å². The predicted molar refractivity (Wildman–Crippen MR) is 126 cm³/mol. The first kappa shape index (κ1) is 19.6. The van der Waals surface area contributed by atoms with Crippen LogP contribution in [0.15, 0.2) is 115 Å². The van der Waals surface area contributed by atoms with Crippen LogP contribution in [0.2, 0.25) is 0 Å². The number of pyridine rings is 1. The smallest absolute Gasteiger partial charge is 0.138 e. The van der Waals surface area contributed by atoms with E-state index in [1.54, 1.807) is 6.20 Å². The Labute approximate surface area is 186 Å². The third-order valence-electron chi connectivity index (χ3n) is 4.95. The third kappa shape index (κ3) is 4.71. The molecule has 1 aromatic heterocycles. The molecule has 4 nitrogen and oxygen atoms in total. The molecule has 1 heterocycles. The number of nitrogens with zero attached hydrogens (tertiary/aromatic N) is 1. The Kier molecular flexibility index (Phi) is 5.66. The van der Waals surface area contributed by atoms with Crippen LogP contribution >= 0.6 is 0 Å². The fourth-order valence-electron chi connectivity index (χ4n) is 3.37. The van der Waals surface area contributed by atoms with E-state index in [1.165, 1.54) is 0 Å². The van der Waals surface area contributed by atoms with Crippen LogP contribution in [-0.4, -0.2) is 4.98 Å². The molecule has 32 heavy (non-hydrogen) atoms. The lowest BCUT2D eigenvalue weighted by Gasteiger charge is -2.11. The van der Waals surface area contributed by atoms with Crippen molar-refractivity contribution in [2.24, 2.45) is 0 Å². The summed E-state index contributed by atoms with van der Waals surface area (Å²) in [6.07, 6.45) is 1.75. The van der Waals surface area contributed by atoms with Crippen LogP contribution in [0.25, 0.3) is 10.9 Å². The summed E-state index contributed by atoms with van der Waals surface area (Å²) in [4.78, 5) is 4.37. The summed E-state index contributed by atoms with van der Waals surface area (Å²) >= 11 is 0. The van der Waals surface area contributed by atoms with Crippen molar-refractivity contribution in [3.63, 3.8) is 0 Å². The van der Waals surface area contributed by atoms with Crippen molar-refractivity contribution in [2.75, 3.05) is 0 Å². The minimum Gasteiger partial charge on any atom is -0.489 e. The molecule has 0 amide bonds. The van der Waals surface area contributed by atoms with Crippen LogP contribution in [0.1, 0.15) is 5.56 Å². The minimum atomic E-state index is 0.514. The Bertz CT molecular complexity index is 1310. The maximum atomic E-state index is 6.07. The van der Waals surface area contributed by atoms with Gasteiger partial charge >= 0.3 is 0 Å². The molecule has 0 saturated heterocycles. The standard InChI is InChI=1S/C28H21NO3/c1-2-7-21(8-3-1)20-30-24-9-6-10-25(19-24)31-22-13-15-23(16-14-22)32-28-17-18-29-27-12-5-4-11-26(27)28/h1-19H,20H2. The molecule has 0 spiro atoms. The molecule has 0 bridgehead atoms. The molecule has 0 aliphatic rings. The first-order valence-electron chi connectivity index (χ1n) is 10.4. The van der Waals surface area contributed by atoms with Crippen LogP contribution in [0, 0.1) is 0 Å². The van der Waals surface area contributed by atoms with Gasteiger partial charge in [0.05, 0.1) is 5.52 Å². The zero-order valence-corrected chi connectivity index (χ0v) is 17.3. The van der Waals surface area contributed by atoms with Gasteiger partial charge in [0, 0.05) is 17.6 Å². The third-order valence-corrected chi connectivity index (χ3v) is 4.95. The topological polar surface area (TPSA) is 40.6 Å². The summed E-state index contributed by atoms with van der Waals surface area (Å²) in [6.45, 7) is 0.514. The van der Waals surface area contributed by atoms with Gasteiger partial charge in [-0.2, -0.15) is 0 Å². The lowest BCUT2D eigenvalue weighted by Crippen LogP contribution is -1.95. The second-order valence-electron chi connectivity index (χ2n) is 7.25.